The first-order valence-electron chi connectivity index (χ1n) is 18.2. The minimum Gasteiger partial charge on any atom is -0.506 e. The van der Waals surface area contributed by atoms with Crippen molar-refractivity contribution in [2.45, 2.75) is 105 Å². The molecule has 262 valence electrons. The number of hydrogen-bond acceptors (Lipinski definition) is 5. The molecule has 1 N–H and O–H groups in total. The maximum Gasteiger partial charge on any atom is 0.217 e. The summed E-state index contributed by atoms with van der Waals surface area (Å²) in [6, 6.07) is 22.1. The van der Waals surface area contributed by atoms with Crippen LogP contribution in [0.5, 0.6) is 17.4 Å². The Hall–Kier alpha value is -3.95. The van der Waals surface area contributed by atoms with Gasteiger partial charge in [-0.2, -0.15) is 0 Å². The summed E-state index contributed by atoms with van der Waals surface area (Å²) in [5.74, 6) is 1.61. The van der Waals surface area contributed by atoms with Crippen LogP contribution in [0.4, 0.5) is 5.69 Å². The molecule has 1 aliphatic carbocycles. The SMILES string of the molecule is [2H]C1([2H])c2ccccc2[C@@H]2[C@H]1N=C(c1[c-]c(Oc3ccc4cc(C(C)(C)C)cc(O)c4n3)cc(C(C)(C)C)c1)N2c1c(C)c(C)c(C)c(C)c1C.[Pt]. The summed E-state index contributed by atoms with van der Waals surface area (Å²) < 4.78 is 25.2. The average molecular weight is 848 g/mol. The van der Waals surface area contributed by atoms with Crippen molar-refractivity contribution < 1.29 is 33.7 Å². The number of phenols is 1. The van der Waals surface area contributed by atoms with Crippen molar-refractivity contribution in [2.24, 2.45) is 4.99 Å². The van der Waals surface area contributed by atoms with Gasteiger partial charge in [0.25, 0.3) is 0 Å². The standard InChI is InChI=1S/C44H48N3O2.Pt/c1-24-25(2)27(4)40(28(5)26(24)3)47-41-35-15-13-12-14-29(35)21-36(41)45-42(47)31-19-32(43(6,7)8)22-34(20-31)49-38-17-16-30-18-33(44(9,10)11)23-37(48)39(30)46-38;/h12-19,22-23,36,41,48H,21H2,1-11H3;/q-1;/t36-,41+;/m0./s1/i21D2;. The van der Waals surface area contributed by atoms with E-state index in [-0.39, 0.29) is 43.7 Å². The maximum atomic E-state index is 11.0. The van der Waals surface area contributed by atoms with Crippen molar-refractivity contribution in [1.29, 1.82) is 0 Å². The van der Waals surface area contributed by atoms with Crippen LogP contribution in [0.3, 0.4) is 0 Å². The Kier molecular flexibility index (Phi) is 8.42. The van der Waals surface area contributed by atoms with Gasteiger partial charge in [-0.15, -0.1) is 17.2 Å². The van der Waals surface area contributed by atoms with Gasteiger partial charge >= 0.3 is 0 Å². The first-order chi connectivity index (χ1) is 23.8. The number of ether oxygens (including phenoxy) is 1. The summed E-state index contributed by atoms with van der Waals surface area (Å²) in [4.78, 5) is 12.3. The van der Waals surface area contributed by atoms with E-state index in [2.05, 4.69) is 105 Å². The number of nitrogens with zero attached hydrogens (tertiary/aromatic N) is 3. The number of fused-ring (bicyclic) bond motifs is 4. The smallest absolute Gasteiger partial charge is 0.217 e. The van der Waals surface area contributed by atoms with Crippen LogP contribution in [-0.4, -0.2) is 22.0 Å². The molecule has 0 unspecified atom stereocenters. The fraction of sp³-hybridized carbons (Fsp3) is 0.364. The average Bonchev–Trinajstić information content (AvgIpc) is 3.56. The molecule has 2 heterocycles. The Bertz CT molecular complexity index is 2250. The first-order valence-corrected chi connectivity index (χ1v) is 17.2. The third-order valence-electron chi connectivity index (χ3n) is 10.6. The van der Waals surface area contributed by atoms with Crippen LogP contribution in [0.2, 0.25) is 0 Å². The van der Waals surface area contributed by atoms with Crippen LogP contribution in [0.25, 0.3) is 10.9 Å². The Morgan fingerprint density at radius 2 is 1.44 bits per heavy atom. The van der Waals surface area contributed by atoms with Gasteiger partial charge in [0.15, 0.2) is 0 Å². The van der Waals surface area contributed by atoms with Crippen molar-refractivity contribution in [1.82, 2.24) is 4.98 Å². The second-order valence-corrected chi connectivity index (χ2v) is 15.9. The summed E-state index contributed by atoms with van der Waals surface area (Å²) in [6.45, 7) is 23.7. The van der Waals surface area contributed by atoms with Gasteiger partial charge < -0.3 is 19.7 Å². The monoisotopic (exact) mass is 847 g/mol. The zero-order valence-electron chi connectivity index (χ0n) is 32.9. The van der Waals surface area contributed by atoms with Crippen LogP contribution in [0, 0.1) is 40.7 Å². The number of aliphatic imine (C=N–C) groups is 1. The molecule has 0 bridgehead atoms. The molecule has 7 rings (SSSR count). The van der Waals surface area contributed by atoms with Gasteiger partial charge in [-0.1, -0.05) is 77.9 Å². The Morgan fingerprint density at radius 3 is 2.10 bits per heavy atom. The second-order valence-electron chi connectivity index (χ2n) is 15.9. The van der Waals surface area contributed by atoms with Crippen molar-refractivity contribution in [3.63, 3.8) is 0 Å². The van der Waals surface area contributed by atoms with Gasteiger partial charge in [0, 0.05) is 46.7 Å². The van der Waals surface area contributed by atoms with Crippen LogP contribution in [-0.2, 0) is 38.3 Å². The number of aromatic nitrogens is 1. The topological polar surface area (TPSA) is 58.0 Å². The number of aromatic hydroxyl groups is 1. The van der Waals surface area contributed by atoms with Gasteiger partial charge in [-0.25, -0.2) is 4.98 Å². The Balaban J connectivity index is 0.00000464. The molecule has 4 aromatic carbocycles. The van der Waals surface area contributed by atoms with E-state index in [0.717, 1.165) is 44.5 Å². The molecule has 6 heteroatoms. The third kappa shape index (κ3) is 6.06. The molecule has 1 aliphatic heterocycles. The summed E-state index contributed by atoms with van der Waals surface area (Å²) >= 11 is 0. The molecule has 5 nitrogen and oxygen atoms in total. The molecule has 50 heavy (non-hydrogen) atoms. The molecule has 0 spiro atoms. The molecule has 0 saturated carbocycles. The first kappa shape index (κ1) is 33.2. The molecule has 1 aromatic heterocycles. The van der Waals surface area contributed by atoms with Crippen LogP contribution in [0.1, 0.15) is 106 Å². The van der Waals surface area contributed by atoms with E-state index in [1.807, 2.05) is 36.4 Å². The van der Waals surface area contributed by atoms with Gasteiger partial charge in [-0.3, -0.25) is 0 Å². The number of rotatable bonds is 4. The fourth-order valence-corrected chi connectivity index (χ4v) is 7.24. The van der Waals surface area contributed by atoms with Crippen LogP contribution >= 0.6 is 0 Å². The predicted octanol–water partition coefficient (Wildman–Crippen LogP) is 10.6. The quantitative estimate of drug-likeness (QED) is 0.183. The van der Waals surface area contributed by atoms with Gasteiger partial charge in [0.2, 0.25) is 5.88 Å². The number of hydrogen-bond donors (Lipinski definition) is 1. The summed E-state index contributed by atoms with van der Waals surface area (Å²) in [5.41, 5.74) is 11.6. The number of phenolic OH excluding ortho intramolecular Hbond substituents is 1. The fourth-order valence-electron chi connectivity index (χ4n) is 7.24. The zero-order valence-corrected chi connectivity index (χ0v) is 33.2. The van der Waals surface area contributed by atoms with Crippen molar-refractivity contribution >= 4 is 22.4 Å². The van der Waals surface area contributed by atoms with Gasteiger partial charge in [0.05, 0.1) is 17.9 Å². The summed E-state index contributed by atoms with van der Waals surface area (Å²) in [5, 5.41) is 11.8. The normalized spacial score (nSPS) is 18.6. The summed E-state index contributed by atoms with van der Waals surface area (Å²) in [6.07, 6.45) is -1.66. The van der Waals surface area contributed by atoms with E-state index in [4.69, 9.17) is 14.7 Å². The molecule has 5 aromatic rings. The largest absolute Gasteiger partial charge is 0.506 e. The van der Waals surface area contributed by atoms with E-state index in [1.165, 1.54) is 16.7 Å². The van der Waals surface area contributed by atoms with E-state index in [1.54, 1.807) is 6.07 Å². The third-order valence-corrected chi connectivity index (χ3v) is 10.6. The van der Waals surface area contributed by atoms with E-state index < -0.39 is 12.4 Å². The van der Waals surface area contributed by atoms with E-state index in [9.17, 15) is 7.85 Å². The van der Waals surface area contributed by atoms with Crippen molar-refractivity contribution in [3.8, 4) is 17.4 Å². The molecule has 2 atom stereocenters. The summed E-state index contributed by atoms with van der Waals surface area (Å²) in [7, 11) is 0. The minimum absolute atomic E-state index is 0. The molecule has 0 radical (unpaired) electrons. The van der Waals surface area contributed by atoms with Crippen molar-refractivity contribution in [3.05, 3.63) is 122 Å². The molecule has 0 saturated heterocycles. The molecule has 0 fully saturated rings. The van der Waals surface area contributed by atoms with E-state index in [0.29, 0.717) is 28.5 Å². The predicted molar refractivity (Wildman–Crippen MR) is 202 cm³/mol. The minimum atomic E-state index is -1.66. The van der Waals surface area contributed by atoms with Crippen molar-refractivity contribution in [2.75, 3.05) is 4.90 Å². The van der Waals surface area contributed by atoms with Gasteiger partial charge in [0.1, 0.15) is 11.3 Å². The van der Waals surface area contributed by atoms with E-state index >= 15 is 0 Å². The number of anilines is 1. The Labute approximate surface area is 314 Å². The molecular weight excluding hydrogens is 798 g/mol. The number of amidine groups is 1. The Morgan fingerprint density at radius 1 is 0.820 bits per heavy atom. The molecular formula is C44H48N3O2Pt-. The zero-order chi connectivity index (χ0) is 36.9. The second kappa shape index (κ2) is 12.7. The van der Waals surface area contributed by atoms with Crippen LogP contribution in [0.15, 0.2) is 65.7 Å². The van der Waals surface area contributed by atoms with Crippen LogP contribution < -0.4 is 9.64 Å². The number of pyridine rings is 1. The number of benzene rings is 4. The molecule has 2 aliphatic rings. The maximum absolute atomic E-state index is 11.0. The molecule has 0 amide bonds. The van der Waals surface area contributed by atoms with Gasteiger partial charge in [-0.05, 0) is 115 Å².